The first-order chi connectivity index (χ1) is 18.3. The Morgan fingerprint density at radius 1 is 1.16 bits per heavy atom. The van der Waals surface area contributed by atoms with Crippen LogP contribution in [0.15, 0.2) is 36.8 Å². The molecule has 0 saturated carbocycles. The molecule has 0 spiro atoms. The van der Waals surface area contributed by atoms with E-state index in [1.54, 1.807) is 25.5 Å². The Hall–Kier alpha value is -3.74. The number of aryl methyl sites for hydroxylation is 1. The highest BCUT2D eigenvalue weighted by molar-refractivity contribution is 7.22. The lowest BCUT2D eigenvalue weighted by atomic mass is 9.80. The third-order valence-corrected chi connectivity index (χ3v) is 7.87. The molecule has 198 valence electrons. The van der Waals surface area contributed by atoms with Gasteiger partial charge in [-0.15, -0.1) is 0 Å². The van der Waals surface area contributed by atoms with Gasteiger partial charge in [0.1, 0.15) is 5.82 Å². The fourth-order valence-corrected chi connectivity index (χ4v) is 5.46. The molecule has 4 aromatic rings. The smallest absolute Gasteiger partial charge is 0.309 e. The summed E-state index contributed by atoms with van der Waals surface area (Å²) in [7, 11) is 0. The molecule has 1 saturated heterocycles. The number of aliphatic hydroxyl groups excluding tert-OH is 1. The van der Waals surface area contributed by atoms with E-state index >= 15 is 0 Å². The number of aromatic nitrogens is 5. The van der Waals surface area contributed by atoms with E-state index in [4.69, 9.17) is 4.98 Å². The van der Waals surface area contributed by atoms with E-state index in [1.807, 2.05) is 36.9 Å². The molecule has 0 bridgehead atoms. The van der Waals surface area contributed by atoms with Crippen molar-refractivity contribution in [2.75, 3.05) is 29.9 Å². The van der Waals surface area contributed by atoms with Crippen molar-refractivity contribution >= 4 is 38.6 Å². The topological polar surface area (TPSA) is 149 Å². The summed E-state index contributed by atoms with van der Waals surface area (Å²) in [5.41, 5.74) is 3.45. The zero-order chi connectivity index (χ0) is 26.9. The van der Waals surface area contributed by atoms with Crippen molar-refractivity contribution in [3.8, 4) is 22.4 Å². The minimum absolute atomic E-state index is 0.550. The van der Waals surface area contributed by atoms with Crippen LogP contribution in [0.25, 0.3) is 32.6 Å². The Labute approximate surface area is 224 Å². The predicted octanol–water partition coefficient (Wildman–Crippen LogP) is 3.51. The van der Waals surface area contributed by atoms with E-state index < -0.39 is 17.7 Å². The number of carboxylic acid groups (broad SMARTS) is 1. The van der Waals surface area contributed by atoms with Crippen molar-refractivity contribution in [2.45, 2.75) is 40.0 Å². The van der Waals surface area contributed by atoms with Crippen LogP contribution < -0.4 is 15.5 Å². The molecule has 1 aliphatic rings. The maximum Gasteiger partial charge on any atom is 0.309 e. The molecule has 4 heterocycles. The molecular formula is C26H30N8O3S. The van der Waals surface area contributed by atoms with Gasteiger partial charge in [0.15, 0.2) is 11.5 Å². The van der Waals surface area contributed by atoms with Crippen LogP contribution in [-0.4, -0.2) is 67.1 Å². The van der Waals surface area contributed by atoms with Gasteiger partial charge in [0.2, 0.25) is 5.95 Å². The zero-order valence-corrected chi connectivity index (χ0v) is 22.3. The van der Waals surface area contributed by atoms with Crippen molar-refractivity contribution in [2.24, 2.45) is 5.41 Å². The highest BCUT2D eigenvalue weighted by Crippen LogP contribution is 2.38. The van der Waals surface area contributed by atoms with E-state index in [0.717, 1.165) is 32.6 Å². The van der Waals surface area contributed by atoms with Crippen molar-refractivity contribution in [1.82, 2.24) is 30.2 Å². The quantitative estimate of drug-likeness (QED) is 0.246. The second kappa shape index (κ2) is 10.6. The van der Waals surface area contributed by atoms with E-state index in [0.29, 0.717) is 49.4 Å². The Morgan fingerprint density at radius 2 is 1.89 bits per heavy atom. The maximum absolute atomic E-state index is 11.6. The number of piperidine rings is 1. The number of benzene rings is 1. The molecule has 5 rings (SSSR count). The van der Waals surface area contributed by atoms with Crippen LogP contribution >= 0.6 is 11.3 Å². The summed E-state index contributed by atoms with van der Waals surface area (Å²) in [5.74, 6) is 0.501. The van der Waals surface area contributed by atoms with Crippen LogP contribution in [0.3, 0.4) is 0 Å². The SMILES string of the molecule is CCNC(O)Nc1nc2cc(-c3cnc(N4CCC(C)(C(=O)O)CC4)nc3)cc(-c3ccnc(C)n3)c2s1. The molecule has 3 aromatic heterocycles. The Bertz CT molecular complexity index is 1450. The van der Waals surface area contributed by atoms with Gasteiger partial charge < -0.3 is 20.4 Å². The Kier molecular flexibility index (Phi) is 7.19. The molecule has 1 atom stereocenters. The zero-order valence-electron chi connectivity index (χ0n) is 21.5. The molecule has 1 fully saturated rings. The molecule has 4 N–H and O–H groups in total. The number of hydrogen-bond acceptors (Lipinski definition) is 11. The van der Waals surface area contributed by atoms with Gasteiger partial charge >= 0.3 is 5.97 Å². The number of aliphatic hydroxyl groups is 1. The van der Waals surface area contributed by atoms with Crippen molar-refractivity contribution < 1.29 is 15.0 Å². The number of rotatable bonds is 8. The number of anilines is 2. The number of carboxylic acids is 1. The molecule has 38 heavy (non-hydrogen) atoms. The molecule has 1 unspecified atom stereocenters. The molecular weight excluding hydrogens is 504 g/mol. The van der Waals surface area contributed by atoms with Crippen LogP contribution in [0.1, 0.15) is 32.5 Å². The highest BCUT2D eigenvalue weighted by Gasteiger charge is 2.37. The summed E-state index contributed by atoms with van der Waals surface area (Å²) < 4.78 is 0.936. The Morgan fingerprint density at radius 3 is 2.55 bits per heavy atom. The minimum atomic E-state index is -0.908. The minimum Gasteiger partial charge on any atom is -0.481 e. The molecule has 12 heteroatoms. The number of fused-ring (bicyclic) bond motifs is 1. The first-order valence-electron chi connectivity index (χ1n) is 12.5. The number of hydrogen-bond donors (Lipinski definition) is 4. The summed E-state index contributed by atoms with van der Waals surface area (Å²) in [6.45, 7) is 7.36. The highest BCUT2D eigenvalue weighted by atomic mass is 32.1. The van der Waals surface area contributed by atoms with Crippen LogP contribution in [0.4, 0.5) is 11.1 Å². The standard InChI is InChI=1S/C26H30N8O3S/c1-4-27-24(37)33-25-32-20-12-16(11-18(21(20)38-25)19-5-8-28-15(2)31-19)17-13-29-23(30-14-17)34-9-6-26(3,7-10-34)22(35)36/h5,8,11-14,24,27,37H,4,6-7,9-10H2,1-3H3,(H,32,33)(H,35,36). The molecule has 11 nitrogen and oxygen atoms in total. The van der Waals surface area contributed by atoms with E-state index in [9.17, 15) is 15.0 Å². The van der Waals surface area contributed by atoms with E-state index in [1.165, 1.54) is 11.3 Å². The maximum atomic E-state index is 11.6. The van der Waals surface area contributed by atoms with Gasteiger partial charge in [0.05, 0.1) is 21.3 Å². The Balaban J connectivity index is 1.47. The van der Waals surface area contributed by atoms with Gasteiger partial charge in [-0.3, -0.25) is 10.1 Å². The van der Waals surface area contributed by atoms with Crippen molar-refractivity contribution in [3.05, 3.63) is 42.6 Å². The molecule has 0 aliphatic carbocycles. The monoisotopic (exact) mass is 534 g/mol. The third-order valence-electron chi connectivity index (χ3n) is 6.84. The van der Waals surface area contributed by atoms with Crippen molar-refractivity contribution in [1.29, 1.82) is 0 Å². The van der Waals surface area contributed by atoms with Crippen LogP contribution in [-0.2, 0) is 4.79 Å². The fourth-order valence-electron chi connectivity index (χ4n) is 4.47. The van der Waals surface area contributed by atoms with Crippen LogP contribution in [0, 0.1) is 12.3 Å². The van der Waals surface area contributed by atoms with E-state index in [-0.39, 0.29) is 0 Å². The average Bonchev–Trinajstić information content (AvgIpc) is 3.31. The first kappa shape index (κ1) is 25.9. The number of nitrogens with one attached hydrogen (secondary N) is 2. The van der Waals surface area contributed by atoms with Gasteiger partial charge in [-0.05, 0) is 57.0 Å². The van der Waals surface area contributed by atoms with Gasteiger partial charge in [0.25, 0.3) is 0 Å². The third kappa shape index (κ3) is 5.28. The second-order valence-electron chi connectivity index (χ2n) is 9.61. The molecule has 1 aliphatic heterocycles. The predicted molar refractivity (Wildman–Crippen MR) is 147 cm³/mol. The van der Waals surface area contributed by atoms with Gasteiger partial charge in [-0.25, -0.2) is 24.9 Å². The normalized spacial score (nSPS) is 15.9. The number of carbonyl (C=O) groups is 1. The molecule has 0 radical (unpaired) electrons. The number of nitrogens with zero attached hydrogens (tertiary/aromatic N) is 6. The van der Waals surface area contributed by atoms with Gasteiger partial charge in [-0.2, -0.15) is 0 Å². The van der Waals surface area contributed by atoms with Crippen LogP contribution in [0.2, 0.25) is 0 Å². The first-order valence-corrected chi connectivity index (χ1v) is 13.3. The summed E-state index contributed by atoms with van der Waals surface area (Å²) in [4.78, 5) is 36.4. The fraction of sp³-hybridized carbons (Fsp3) is 0.385. The van der Waals surface area contributed by atoms with Gasteiger partial charge in [0, 0.05) is 42.8 Å². The summed E-state index contributed by atoms with van der Waals surface area (Å²) in [5, 5.41) is 26.1. The molecule has 0 amide bonds. The lowest BCUT2D eigenvalue weighted by Gasteiger charge is -2.36. The van der Waals surface area contributed by atoms with Gasteiger partial charge in [-0.1, -0.05) is 18.3 Å². The van der Waals surface area contributed by atoms with Crippen LogP contribution in [0.5, 0.6) is 0 Å². The lowest BCUT2D eigenvalue weighted by molar-refractivity contribution is -0.149. The average molecular weight is 535 g/mol. The largest absolute Gasteiger partial charge is 0.481 e. The molecule has 1 aromatic carbocycles. The lowest BCUT2D eigenvalue weighted by Crippen LogP contribution is -2.43. The summed E-state index contributed by atoms with van der Waals surface area (Å²) in [6.07, 6.45) is 5.49. The second-order valence-corrected chi connectivity index (χ2v) is 10.6. The van der Waals surface area contributed by atoms with Crippen molar-refractivity contribution in [3.63, 3.8) is 0 Å². The number of thiazole rings is 1. The number of aliphatic carboxylic acids is 1. The summed E-state index contributed by atoms with van der Waals surface area (Å²) >= 11 is 1.44. The summed E-state index contributed by atoms with van der Waals surface area (Å²) in [6, 6.07) is 5.89. The van der Waals surface area contributed by atoms with E-state index in [2.05, 4.69) is 30.6 Å².